The number of nitrogens with zero attached hydrogens (tertiary/aromatic N) is 1. The molecule has 1 heterocycles. The summed E-state index contributed by atoms with van der Waals surface area (Å²) in [6.07, 6.45) is 1.17. The zero-order chi connectivity index (χ0) is 19.3. The van der Waals surface area contributed by atoms with Gasteiger partial charge in [-0.05, 0) is 31.0 Å². The second-order valence-electron chi connectivity index (χ2n) is 5.54. The summed E-state index contributed by atoms with van der Waals surface area (Å²) in [7, 11) is 1.24. The van der Waals surface area contributed by atoms with E-state index in [1.165, 1.54) is 31.4 Å². The SMILES string of the molecule is CCCc1nc(N)c(C(=O)OCC)c(-c2ccc(F)cc2)c1C(=O)OC. The second-order valence-corrected chi connectivity index (χ2v) is 5.54. The van der Waals surface area contributed by atoms with Crippen LogP contribution in [0.5, 0.6) is 0 Å². The van der Waals surface area contributed by atoms with Crippen LogP contribution < -0.4 is 5.73 Å². The molecule has 2 rings (SSSR count). The van der Waals surface area contributed by atoms with Crippen LogP contribution in [-0.2, 0) is 15.9 Å². The van der Waals surface area contributed by atoms with Crippen LogP contribution in [0, 0.1) is 5.82 Å². The number of ether oxygens (including phenoxy) is 2. The Morgan fingerprint density at radius 3 is 2.31 bits per heavy atom. The van der Waals surface area contributed by atoms with Crippen molar-refractivity contribution in [1.82, 2.24) is 4.98 Å². The Hall–Kier alpha value is -2.96. The smallest absolute Gasteiger partial charge is 0.342 e. The van der Waals surface area contributed by atoms with E-state index in [2.05, 4.69) is 4.98 Å². The van der Waals surface area contributed by atoms with Gasteiger partial charge >= 0.3 is 11.9 Å². The quantitative estimate of drug-likeness (QED) is 0.794. The average Bonchev–Trinajstić information content (AvgIpc) is 2.61. The first kappa shape index (κ1) is 19.4. The Morgan fingerprint density at radius 2 is 1.77 bits per heavy atom. The van der Waals surface area contributed by atoms with Crippen molar-refractivity contribution in [2.45, 2.75) is 26.7 Å². The Labute approximate surface area is 151 Å². The normalized spacial score (nSPS) is 10.5. The standard InChI is InChI=1S/C19H21FN2O4/c1-4-6-13-15(18(23)25-3)14(11-7-9-12(20)10-8-11)16(17(21)22-13)19(24)26-5-2/h7-10H,4-6H2,1-3H3,(H2,21,22). The highest BCUT2D eigenvalue weighted by molar-refractivity contribution is 6.09. The molecule has 2 aromatic rings. The Morgan fingerprint density at radius 1 is 1.12 bits per heavy atom. The summed E-state index contributed by atoms with van der Waals surface area (Å²) in [6.45, 7) is 3.72. The molecule has 1 aromatic heterocycles. The van der Waals surface area contributed by atoms with E-state index in [1.54, 1.807) is 6.92 Å². The molecule has 7 heteroatoms. The first-order valence-corrected chi connectivity index (χ1v) is 8.28. The molecule has 0 bridgehead atoms. The third-order valence-corrected chi connectivity index (χ3v) is 3.79. The molecule has 0 aliphatic heterocycles. The highest BCUT2D eigenvalue weighted by Crippen LogP contribution is 2.34. The van der Waals surface area contributed by atoms with E-state index < -0.39 is 17.8 Å². The fraction of sp³-hybridized carbons (Fsp3) is 0.316. The minimum atomic E-state index is -0.704. The summed E-state index contributed by atoms with van der Waals surface area (Å²) < 4.78 is 23.3. The third-order valence-electron chi connectivity index (χ3n) is 3.79. The molecule has 0 unspecified atom stereocenters. The van der Waals surface area contributed by atoms with Crippen molar-refractivity contribution in [3.63, 3.8) is 0 Å². The molecule has 138 valence electrons. The van der Waals surface area contributed by atoms with E-state index in [1.807, 2.05) is 6.92 Å². The van der Waals surface area contributed by atoms with Gasteiger partial charge in [-0.2, -0.15) is 0 Å². The Bertz CT molecular complexity index is 819. The van der Waals surface area contributed by atoms with Crippen LogP contribution in [0.4, 0.5) is 10.2 Å². The van der Waals surface area contributed by atoms with Gasteiger partial charge in [-0.25, -0.2) is 19.0 Å². The lowest BCUT2D eigenvalue weighted by molar-refractivity contribution is 0.0528. The third kappa shape index (κ3) is 3.82. The number of hydrogen-bond acceptors (Lipinski definition) is 6. The molecule has 0 spiro atoms. The van der Waals surface area contributed by atoms with Gasteiger partial charge in [0.1, 0.15) is 17.2 Å². The van der Waals surface area contributed by atoms with E-state index >= 15 is 0 Å². The monoisotopic (exact) mass is 360 g/mol. The number of halogens is 1. The second kappa shape index (κ2) is 8.42. The lowest BCUT2D eigenvalue weighted by Gasteiger charge is -2.18. The molecule has 2 N–H and O–H groups in total. The molecule has 0 aliphatic carbocycles. The number of esters is 2. The van der Waals surface area contributed by atoms with Crippen LogP contribution in [0.3, 0.4) is 0 Å². The number of carbonyl (C=O) groups excluding carboxylic acids is 2. The van der Waals surface area contributed by atoms with Gasteiger partial charge in [-0.3, -0.25) is 0 Å². The molecule has 0 atom stereocenters. The van der Waals surface area contributed by atoms with Crippen molar-refractivity contribution in [2.24, 2.45) is 0 Å². The van der Waals surface area contributed by atoms with Crippen LogP contribution in [-0.4, -0.2) is 30.6 Å². The maximum atomic E-state index is 13.4. The van der Waals surface area contributed by atoms with Crippen LogP contribution in [0.2, 0.25) is 0 Å². The maximum Gasteiger partial charge on any atom is 0.342 e. The van der Waals surface area contributed by atoms with Gasteiger partial charge in [0.2, 0.25) is 0 Å². The van der Waals surface area contributed by atoms with E-state index in [-0.39, 0.29) is 29.1 Å². The molecule has 26 heavy (non-hydrogen) atoms. The summed E-state index contributed by atoms with van der Waals surface area (Å²) in [6, 6.07) is 5.41. The molecule has 6 nitrogen and oxygen atoms in total. The summed E-state index contributed by atoms with van der Waals surface area (Å²) in [5.74, 6) is -1.84. The van der Waals surface area contributed by atoms with Gasteiger partial charge in [-0.15, -0.1) is 0 Å². The number of nitrogens with two attached hydrogens (primary N) is 1. The highest BCUT2D eigenvalue weighted by atomic mass is 19.1. The lowest BCUT2D eigenvalue weighted by Crippen LogP contribution is -2.18. The number of nitrogen functional groups attached to an aromatic ring is 1. The van der Waals surface area contributed by atoms with Crippen molar-refractivity contribution >= 4 is 17.8 Å². The van der Waals surface area contributed by atoms with E-state index in [0.29, 0.717) is 24.1 Å². The number of hydrogen-bond donors (Lipinski definition) is 1. The predicted molar refractivity (Wildman–Crippen MR) is 95.3 cm³/mol. The largest absolute Gasteiger partial charge is 0.465 e. The number of carbonyl (C=O) groups is 2. The molecular formula is C19H21FN2O4. The maximum absolute atomic E-state index is 13.4. The number of benzene rings is 1. The van der Waals surface area contributed by atoms with Crippen molar-refractivity contribution in [2.75, 3.05) is 19.5 Å². The number of methoxy groups -OCH3 is 1. The van der Waals surface area contributed by atoms with Crippen molar-refractivity contribution < 1.29 is 23.5 Å². The van der Waals surface area contributed by atoms with Crippen LogP contribution >= 0.6 is 0 Å². The number of rotatable bonds is 6. The molecule has 0 fully saturated rings. The molecule has 1 aromatic carbocycles. The molecular weight excluding hydrogens is 339 g/mol. The zero-order valence-corrected chi connectivity index (χ0v) is 15.0. The average molecular weight is 360 g/mol. The summed E-state index contributed by atoms with van der Waals surface area (Å²) in [4.78, 5) is 29.2. The fourth-order valence-corrected chi connectivity index (χ4v) is 2.71. The predicted octanol–water partition coefficient (Wildman–Crippen LogP) is 3.39. The molecule has 0 amide bonds. The molecule has 0 saturated heterocycles. The van der Waals surface area contributed by atoms with E-state index in [4.69, 9.17) is 15.2 Å². The van der Waals surface area contributed by atoms with Crippen LogP contribution in [0.25, 0.3) is 11.1 Å². The minimum absolute atomic E-state index is 0.0290. The first-order valence-electron chi connectivity index (χ1n) is 8.28. The summed E-state index contributed by atoms with van der Waals surface area (Å²) in [5.41, 5.74) is 7.24. The number of pyridine rings is 1. The Balaban J connectivity index is 2.89. The van der Waals surface area contributed by atoms with E-state index in [9.17, 15) is 14.0 Å². The molecule has 0 radical (unpaired) electrons. The van der Waals surface area contributed by atoms with Gasteiger partial charge in [-0.1, -0.05) is 25.5 Å². The van der Waals surface area contributed by atoms with Gasteiger partial charge in [0.15, 0.2) is 0 Å². The number of aryl methyl sites for hydroxylation is 1. The molecule has 0 saturated carbocycles. The van der Waals surface area contributed by atoms with E-state index in [0.717, 1.165) is 0 Å². The zero-order valence-electron chi connectivity index (χ0n) is 15.0. The Kier molecular flexibility index (Phi) is 6.27. The lowest BCUT2D eigenvalue weighted by atomic mass is 9.92. The molecule has 0 aliphatic rings. The topological polar surface area (TPSA) is 91.5 Å². The van der Waals surface area contributed by atoms with Gasteiger partial charge in [0.05, 0.1) is 25.0 Å². The van der Waals surface area contributed by atoms with Crippen LogP contribution in [0.15, 0.2) is 24.3 Å². The fourth-order valence-electron chi connectivity index (χ4n) is 2.71. The first-order chi connectivity index (χ1) is 12.4. The van der Waals surface area contributed by atoms with Crippen LogP contribution in [0.1, 0.15) is 46.7 Å². The number of anilines is 1. The van der Waals surface area contributed by atoms with Crippen molar-refractivity contribution in [1.29, 1.82) is 0 Å². The highest BCUT2D eigenvalue weighted by Gasteiger charge is 2.29. The van der Waals surface area contributed by atoms with Crippen molar-refractivity contribution in [3.8, 4) is 11.1 Å². The van der Waals surface area contributed by atoms with Gasteiger partial charge in [0.25, 0.3) is 0 Å². The van der Waals surface area contributed by atoms with Gasteiger partial charge in [0, 0.05) is 5.56 Å². The summed E-state index contributed by atoms with van der Waals surface area (Å²) >= 11 is 0. The van der Waals surface area contributed by atoms with Crippen molar-refractivity contribution in [3.05, 3.63) is 46.9 Å². The van der Waals surface area contributed by atoms with Gasteiger partial charge < -0.3 is 15.2 Å². The number of aromatic nitrogens is 1. The summed E-state index contributed by atoms with van der Waals surface area (Å²) in [5, 5.41) is 0. The minimum Gasteiger partial charge on any atom is -0.465 e.